The lowest BCUT2D eigenvalue weighted by Crippen LogP contribution is -2.42. The van der Waals surface area contributed by atoms with Gasteiger partial charge in [-0.1, -0.05) is 36.4 Å². The molecule has 2 aromatic rings. The quantitative estimate of drug-likeness (QED) is 0.692. The molecule has 1 aromatic heterocycles. The smallest absolute Gasteiger partial charge is 0.314 e. The summed E-state index contributed by atoms with van der Waals surface area (Å²) in [5.74, 6) is 0.729. The number of nitrogens with zero attached hydrogens (tertiary/aromatic N) is 1. The molecule has 5 heteroatoms. The van der Waals surface area contributed by atoms with E-state index in [1.807, 2.05) is 17.4 Å². The van der Waals surface area contributed by atoms with E-state index in [1.54, 1.807) is 0 Å². The molecule has 2 heterocycles. The number of hydrogen-bond donors (Lipinski definition) is 2. The van der Waals surface area contributed by atoms with Gasteiger partial charge in [-0.2, -0.15) is 0 Å². The maximum absolute atomic E-state index is 11.9. The number of carbonyl (C=O) groups is 1. The maximum Gasteiger partial charge on any atom is 0.314 e. The van der Waals surface area contributed by atoms with E-state index in [0.29, 0.717) is 13.1 Å². The van der Waals surface area contributed by atoms with Gasteiger partial charge in [0.1, 0.15) is 0 Å². The second kappa shape index (κ2) is 10.3. The number of benzene rings is 1. The van der Waals surface area contributed by atoms with Crippen LogP contribution in [0.3, 0.4) is 0 Å². The Balaban J connectivity index is 1.22. The Bertz CT molecular complexity index is 637. The summed E-state index contributed by atoms with van der Waals surface area (Å²) in [4.78, 5) is 15.8. The highest BCUT2D eigenvalue weighted by molar-refractivity contribution is 7.10. The van der Waals surface area contributed by atoms with Crippen molar-refractivity contribution in [2.45, 2.75) is 31.6 Å². The van der Waals surface area contributed by atoms with Crippen LogP contribution in [0.15, 0.2) is 47.8 Å². The zero-order chi connectivity index (χ0) is 18.0. The minimum absolute atomic E-state index is 0.0495. The monoisotopic (exact) mass is 371 g/mol. The lowest BCUT2D eigenvalue weighted by Gasteiger charge is -2.31. The topological polar surface area (TPSA) is 44.4 Å². The van der Waals surface area contributed by atoms with E-state index in [4.69, 9.17) is 0 Å². The molecule has 1 fully saturated rings. The number of rotatable bonds is 8. The van der Waals surface area contributed by atoms with Gasteiger partial charge in [0.05, 0.1) is 0 Å². The van der Waals surface area contributed by atoms with E-state index in [9.17, 15) is 4.79 Å². The normalized spacial score (nSPS) is 15.7. The van der Waals surface area contributed by atoms with E-state index in [2.05, 4.69) is 57.3 Å². The van der Waals surface area contributed by atoms with Crippen LogP contribution in [-0.4, -0.2) is 43.7 Å². The van der Waals surface area contributed by atoms with Crippen molar-refractivity contribution in [3.05, 3.63) is 58.3 Å². The summed E-state index contributed by atoms with van der Waals surface area (Å²) in [5, 5.41) is 8.10. The number of likely N-dealkylation sites (tertiary alicyclic amines) is 1. The van der Waals surface area contributed by atoms with Gasteiger partial charge in [-0.25, -0.2) is 4.79 Å². The van der Waals surface area contributed by atoms with E-state index in [-0.39, 0.29) is 6.03 Å². The van der Waals surface area contributed by atoms with Crippen molar-refractivity contribution in [3.63, 3.8) is 0 Å². The summed E-state index contributed by atoms with van der Waals surface area (Å²) in [7, 11) is 0. The lowest BCUT2D eigenvalue weighted by atomic mass is 9.95. The Hall–Kier alpha value is -1.85. The first-order valence-corrected chi connectivity index (χ1v) is 10.5. The van der Waals surface area contributed by atoms with Gasteiger partial charge in [0.25, 0.3) is 0 Å². The minimum Gasteiger partial charge on any atom is -0.338 e. The van der Waals surface area contributed by atoms with E-state index in [0.717, 1.165) is 38.4 Å². The fourth-order valence-corrected chi connectivity index (χ4v) is 4.39. The van der Waals surface area contributed by atoms with Crippen LogP contribution >= 0.6 is 11.3 Å². The molecule has 0 saturated carbocycles. The van der Waals surface area contributed by atoms with Crippen molar-refractivity contribution in [2.75, 3.05) is 32.7 Å². The first-order chi connectivity index (χ1) is 12.8. The van der Waals surface area contributed by atoms with Gasteiger partial charge in [-0.3, -0.25) is 0 Å². The van der Waals surface area contributed by atoms with Crippen LogP contribution in [0.1, 0.15) is 35.6 Å². The van der Waals surface area contributed by atoms with Crippen LogP contribution in [0.2, 0.25) is 0 Å². The molecule has 0 unspecified atom stereocenters. The van der Waals surface area contributed by atoms with Crippen molar-refractivity contribution in [1.29, 1.82) is 0 Å². The van der Waals surface area contributed by atoms with Crippen molar-refractivity contribution in [1.82, 2.24) is 15.5 Å². The Morgan fingerprint density at radius 3 is 2.54 bits per heavy atom. The largest absolute Gasteiger partial charge is 0.338 e. The molecular weight excluding hydrogens is 342 g/mol. The van der Waals surface area contributed by atoms with E-state index >= 15 is 0 Å². The molecule has 3 rings (SSSR count). The van der Waals surface area contributed by atoms with Crippen LogP contribution in [0.5, 0.6) is 0 Å². The summed E-state index contributed by atoms with van der Waals surface area (Å²) >= 11 is 1.88. The molecule has 1 aliphatic rings. The zero-order valence-corrected chi connectivity index (χ0v) is 16.1. The molecule has 26 heavy (non-hydrogen) atoms. The molecule has 2 amide bonds. The standard InChI is InChI=1S/C21H29N3OS/c25-21(22-12-4-8-18-6-2-1-3-7-18)23-13-16-24-14-10-19(11-15-24)20-9-5-17-26-20/h1-3,5-7,9,17,19H,4,8,10-16H2,(H2,22,23,25). The molecule has 0 spiro atoms. The lowest BCUT2D eigenvalue weighted by molar-refractivity contribution is 0.209. The zero-order valence-electron chi connectivity index (χ0n) is 15.3. The number of hydrogen-bond acceptors (Lipinski definition) is 3. The van der Waals surface area contributed by atoms with Crippen molar-refractivity contribution in [2.24, 2.45) is 0 Å². The van der Waals surface area contributed by atoms with Crippen molar-refractivity contribution < 1.29 is 4.79 Å². The van der Waals surface area contributed by atoms with Gasteiger partial charge < -0.3 is 15.5 Å². The van der Waals surface area contributed by atoms with Gasteiger partial charge in [-0.15, -0.1) is 11.3 Å². The first-order valence-electron chi connectivity index (χ1n) is 9.62. The maximum atomic E-state index is 11.9. The van der Waals surface area contributed by atoms with Crippen molar-refractivity contribution in [3.8, 4) is 0 Å². The van der Waals surface area contributed by atoms with Crippen LogP contribution in [0.4, 0.5) is 4.79 Å². The highest BCUT2D eigenvalue weighted by atomic mass is 32.1. The molecule has 140 valence electrons. The van der Waals surface area contributed by atoms with E-state index in [1.165, 1.54) is 23.3 Å². The molecule has 1 aliphatic heterocycles. The highest BCUT2D eigenvalue weighted by Gasteiger charge is 2.20. The number of carbonyl (C=O) groups excluding carboxylic acids is 1. The molecule has 0 atom stereocenters. The number of amides is 2. The Morgan fingerprint density at radius 1 is 1.04 bits per heavy atom. The minimum atomic E-state index is -0.0495. The summed E-state index contributed by atoms with van der Waals surface area (Å²) in [6.45, 7) is 4.63. The summed E-state index contributed by atoms with van der Waals surface area (Å²) in [6, 6.07) is 14.7. The van der Waals surface area contributed by atoms with Crippen LogP contribution in [-0.2, 0) is 6.42 Å². The first kappa shape index (κ1) is 18.9. The molecular formula is C21H29N3OS. The average Bonchev–Trinajstić information content (AvgIpc) is 3.21. The Labute approximate surface area is 160 Å². The number of piperidine rings is 1. The summed E-state index contributed by atoms with van der Waals surface area (Å²) in [5.41, 5.74) is 1.32. The Morgan fingerprint density at radius 2 is 1.81 bits per heavy atom. The number of nitrogens with one attached hydrogen (secondary N) is 2. The van der Waals surface area contributed by atoms with Gasteiger partial charge in [0.15, 0.2) is 0 Å². The molecule has 0 radical (unpaired) electrons. The van der Waals surface area contributed by atoms with Crippen LogP contribution in [0, 0.1) is 0 Å². The molecule has 1 aromatic carbocycles. The SMILES string of the molecule is O=C(NCCCc1ccccc1)NCCN1CCC(c2cccs2)CC1. The predicted octanol–water partition coefficient (Wildman–Crippen LogP) is 3.86. The van der Waals surface area contributed by atoms with Gasteiger partial charge >= 0.3 is 6.03 Å². The van der Waals surface area contributed by atoms with E-state index < -0.39 is 0 Å². The fourth-order valence-electron chi connectivity index (χ4n) is 3.49. The van der Waals surface area contributed by atoms with Gasteiger partial charge in [-0.05, 0) is 61.7 Å². The average molecular weight is 372 g/mol. The van der Waals surface area contributed by atoms with Crippen molar-refractivity contribution >= 4 is 17.4 Å². The fraction of sp³-hybridized carbons (Fsp3) is 0.476. The molecule has 0 aliphatic carbocycles. The second-order valence-corrected chi connectivity index (χ2v) is 7.88. The number of urea groups is 1. The predicted molar refractivity (Wildman–Crippen MR) is 109 cm³/mol. The third-order valence-corrected chi connectivity index (χ3v) is 6.05. The summed E-state index contributed by atoms with van der Waals surface area (Å²) in [6.07, 6.45) is 4.42. The third kappa shape index (κ3) is 6.15. The molecule has 0 bridgehead atoms. The van der Waals surface area contributed by atoms with Crippen LogP contribution in [0.25, 0.3) is 0 Å². The number of thiophene rings is 1. The third-order valence-electron chi connectivity index (χ3n) is 5.02. The Kier molecular flexibility index (Phi) is 7.52. The molecule has 2 N–H and O–H groups in total. The molecule has 4 nitrogen and oxygen atoms in total. The summed E-state index contributed by atoms with van der Waals surface area (Å²) < 4.78 is 0. The second-order valence-electron chi connectivity index (χ2n) is 6.90. The highest BCUT2D eigenvalue weighted by Crippen LogP contribution is 2.30. The van der Waals surface area contributed by atoms with Gasteiger partial charge in [0.2, 0.25) is 0 Å². The van der Waals surface area contributed by atoms with Crippen LogP contribution < -0.4 is 10.6 Å². The molecule has 1 saturated heterocycles. The number of aryl methyl sites for hydroxylation is 1. The van der Waals surface area contributed by atoms with Gasteiger partial charge in [0, 0.05) is 24.5 Å².